The van der Waals surface area contributed by atoms with Crippen molar-refractivity contribution < 1.29 is 45.3 Å². The summed E-state index contributed by atoms with van der Waals surface area (Å²) in [5.74, 6) is -2.59. The quantitative estimate of drug-likeness (QED) is 0.0552. The van der Waals surface area contributed by atoms with Gasteiger partial charge in [-0.1, -0.05) is 68.4 Å². The van der Waals surface area contributed by atoms with Crippen molar-refractivity contribution >= 4 is 29.7 Å². The van der Waals surface area contributed by atoms with Gasteiger partial charge in [-0.05, 0) is 126 Å². The van der Waals surface area contributed by atoms with Crippen molar-refractivity contribution in [2.24, 2.45) is 23.2 Å². The normalized spacial score (nSPS) is 30.1. The first kappa shape index (κ1) is 41.8. The maximum absolute atomic E-state index is 13.1. The van der Waals surface area contributed by atoms with E-state index >= 15 is 0 Å². The minimum Gasteiger partial charge on any atom is -0.616 e. The van der Waals surface area contributed by atoms with Crippen LogP contribution in [0, 0.1) is 23.2 Å². The number of ether oxygens (including phenoxy) is 1. The van der Waals surface area contributed by atoms with Gasteiger partial charge in [-0.25, -0.2) is 0 Å². The minimum atomic E-state index is -5.55. The number of hydrogen-bond donors (Lipinski definition) is 0. The molecule has 52 heavy (non-hydrogen) atoms. The molecule has 1 aromatic rings. The highest BCUT2D eigenvalue weighted by molar-refractivity contribution is 7.91. The molecule has 7 atom stereocenters. The fourth-order valence-corrected chi connectivity index (χ4v) is 11.0. The van der Waals surface area contributed by atoms with Crippen LogP contribution in [0.1, 0.15) is 148 Å². The molecule has 0 N–H and O–H groups in total. The monoisotopic (exact) mass is 758 g/mol. The molecule has 0 aromatic heterocycles. The fraction of sp³-hybridized carbons (Fsp3) is 0.825. The summed E-state index contributed by atoms with van der Waals surface area (Å²) in [7, 11) is -0.392. The summed E-state index contributed by atoms with van der Waals surface area (Å²) in [5, 5.41) is 0. The topological polar surface area (TPSA) is 67.8 Å². The third-order valence-electron chi connectivity index (χ3n) is 13.4. The average Bonchev–Trinajstić information content (AvgIpc) is 3.48. The summed E-state index contributed by atoms with van der Waals surface area (Å²) in [4.78, 5) is 12.0. The molecule has 7 unspecified atom stereocenters. The molecule has 1 aliphatic heterocycles. The molecular formula is C40H60BF5O5S. The lowest BCUT2D eigenvalue weighted by atomic mass is 9.51. The second-order valence-electron chi connectivity index (χ2n) is 17.4. The molecule has 1 aromatic carbocycles. The SMILES string of the molecule is CC(=O)OC1CCC2C3C(CCCCCCCCC[S+]([O-])CCCC(F)(F)C(F)(F)F)Cc4cc(B5OC(C)(C)C(C)(C)O5)ccc4C3CCC12C. The molecule has 1 heterocycles. The maximum atomic E-state index is 13.1. The van der Waals surface area contributed by atoms with Crippen LogP contribution in [-0.2, 0) is 36.4 Å². The van der Waals surface area contributed by atoms with Crippen molar-refractivity contribution in [2.45, 2.75) is 173 Å². The van der Waals surface area contributed by atoms with Crippen molar-refractivity contribution in [3.63, 3.8) is 0 Å². The number of benzene rings is 1. The molecule has 1 saturated heterocycles. The van der Waals surface area contributed by atoms with Gasteiger partial charge < -0.3 is 18.6 Å². The summed E-state index contributed by atoms with van der Waals surface area (Å²) in [6, 6.07) is 6.89. The lowest BCUT2D eigenvalue weighted by molar-refractivity contribution is -0.284. The minimum absolute atomic E-state index is 0.00302. The van der Waals surface area contributed by atoms with Crippen LogP contribution in [0.2, 0.25) is 0 Å². The number of hydrogen-bond acceptors (Lipinski definition) is 5. The molecule has 4 aliphatic rings. The molecule has 0 radical (unpaired) electrons. The molecule has 5 rings (SSSR count). The Morgan fingerprint density at radius 2 is 1.52 bits per heavy atom. The van der Waals surface area contributed by atoms with E-state index in [9.17, 15) is 31.3 Å². The summed E-state index contributed by atoms with van der Waals surface area (Å²) in [5.41, 5.74) is 3.17. The average molecular weight is 759 g/mol. The van der Waals surface area contributed by atoms with Crippen molar-refractivity contribution in [1.82, 2.24) is 0 Å². The number of rotatable bonds is 16. The van der Waals surface area contributed by atoms with E-state index in [0.717, 1.165) is 82.5 Å². The van der Waals surface area contributed by atoms with Crippen LogP contribution in [0.25, 0.3) is 0 Å². The van der Waals surface area contributed by atoms with Crippen LogP contribution in [0.5, 0.6) is 0 Å². The van der Waals surface area contributed by atoms with Gasteiger partial charge in [0.05, 0.1) is 11.2 Å². The first-order valence-electron chi connectivity index (χ1n) is 19.7. The first-order chi connectivity index (χ1) is 24.3. The highest BCUT2D eigenvalue weighted by Crippen LogP contribution is 2.63. The lowest BCUT2D eigenvalue weighted by Crippen LogP contribution is -2.48. The van der Waals surface area contributed by atoms with Crippen molar-refractivity contribution in [2.75, 3.05) is 11.5 Å². The second kappa shape index (κ2) is 16.4. The number of unbranched alkanes of at least 4 members (excludes halogenated alkanes) is 6. The Hall–Kier alpha value is -1.37. The number of carbonyl (C=O) groups excluding carboxylic acids is 1. The van der Waals surface area contributed by atoms with E-state index in [1.165, 1.54) is 18.1 Å². The predicted octanol–water partition coefficient (Wildman–Crippen LogP) is 9.85. The molecule has 2 saturated carbocycles. The van der Waals surface area contributed by atoms with E-state index in [2.05, 4.69) is 52.8 Å². The van der Waals surface area contributed by atoms with Crippen LogP contribution >= 0.6 is 0 Å². The van der Waals surface area contributed by atoms with Gasteiger partial charge in [-0.15, -0.1) is 0 Å². The Morgan fingerprint density at radius 3 is 2.15 bits per heavy atom. The van der Waals surface area contributed by atoms with Crippen molar-refractivity contribution in [3.8, 4) is 0 Å². The van der Waals surface area contributed by atoms with Gasteiger partial charge in [0, 0.05) is 18.8 Å². The smallest absolute Gasteiger partial charge is 0.494 e. The van der Waals surface area contributed by atoms with E-state index in [1.807, 2.05) is 0 Å². The Bertz CT molecular complexity index is 1360. The number of fused-ring (bicyclic) bond motifs is 5. The Kier molecular flexibility index (Phi) is 13.2. The zero-order chi connectivity index (χ0) is 38.1. The van der Waals surface area contributed by atoms with Gasteiger partial charge in [0.25, 0.3) is 0 Å². The van der Waals surface area contributed by atoms with Crippen molar-refractivity contribution in [1.29, 1.82) is 0 Å². The van der Waals surface area contributed by atoms with Crippen molar-refractivity contribution in [3.05, 3.63) is 29.3 Å². The van der Waals surface area contributed by atoms with E-state index in [1.54, 1.807) is 0 Å². The summed E-state index contributed by atoms with van der Waals surface area (Å²) in [6.45, 7) is 12.2. The first-order valence-corrected chi connectivity index (χ1v) is 21.2. The third kappa shape index (κ3) is 9.18. The number of halogens is 5. The van der Waals surface area contributed by atoms with Gasteiger partial charge in [0.1, 0.15) is 17.6 Å². The van der Waals surface area contributed by atoms with Crippen LogP contribution in [0.15, 0.2) is 18.2 Å². The fourth-order valence-electron chi connectivity index (χ4n) is 9.82. The van der Waals surface area contributed by atoms with Gasteiger partial charge in [-0.2, -0.15) is 22.0 Å². The van der Waals surface area contributed by atoms with Gasteiger partial charge in [-0.3, -0.25) is 4.79 Å². The molecule has 0 bridgehead atoms. The molecule has 3 aliphatic carbocycles. The number of esters is 1. The highest BCUT2D eigenvalue weighted by atomic mass is 32.2. The highest BCUT2D eigenvalue weighted by Gasteiger charge is 2.59. The Balaban J connectivity index is 1.14. The van der Waals surface area contributed by atoms with Crippen LogP contribution in [0.3, 0.4) is 0 Å². The van der Waals surface area contributed by atoms with E-state index in [0.29, 0.717) is 35.8 Å². The summed E-state index contributed by atoms with van der Waals surface area (Å²) < 4.78 is 94.1. The standard InChI is InChI=1S/C40H60BF5O5S/c1-27(47)49-34-19-18-33-35-28(15-12-10-8-7-9-11-13-23-52(48)24-14-21-39(42,43)40(44,45)46)25-29-26-30(41-50-36(2,3)37(4,5)51-41)16-17-31(29)32(35)20-22-38(33,34)6/h16-17,26,28,32-35H,7-15,18-25H2,1-6H3. The third-order valence-corrected chi connectivity index (χ3v) is 14.9. The van der Waals surface area contributed by atoms with Crippen LogP contribution in [-0.4, -0.2) is 58.6 Å². The molecule has 0 spiro atoms. The Morgan fingerprint density at radius 1 is 0.904 bits per heavy atom. The van der Waals surface area contributed by atoms with Crippen LogP contribution in [0.4, 0.5) is 22.0 Å². The zero-order valence-corrected chi connectivity index (χ0v) is 32.9. The summed E-state index contributed by atoms with van der Waals surface area (Å²) >= 11 is -1.37. The van der Waals surface area contributed by atoms with E-state index in [4.69, 9.17) is 14.0 Å². The van der Waals surface area contributed by atoms with E-state index < -0.39 is 54.4 Å². The molecule has 294 valence electrons. The van der Waals surface area contributed by atoms with Gasteiger partial charge in [0.15, 0.2) is 0 Å². The van der Waals surface area contributed by atoms with Gasteiger partial charge in [0.2, 0.25) is 0 Å². The largest absolute Gasteiger partial charge is 0.616 e. The second-order valence-corrected chi connectivity index (χ2v) is 19.1. The lowest BCUT2D eigenvalue weighted by Gasteiger charge is -2.53. The predicted molar refractivity (Wildman–Crippen MR) is 196 cm³/mol. The van der Waals surface area contributed by atoms with E-state index in [-0.39, 0.29) is 23.2 Å². The zero-order valence-electron chi connectivity index (χ0n) is 32.1. The maximum Gasteiger partial charge on any atom is 0.494 e. The number of alkyl halides is 5. The molecule has 0 amide bonds. The number of carbonyl (C=O) groups is 1. The van der Waals surface area contributed by atoms with Crippen LogP contribution < -0.4 is 5.46 Å². The summed E-state index contributed by atoms with van der Waals surface area (Å²) in [6.07, 6.45) is 6.09. The molecule has 12 heteroatoms. The molecular weight excluding hydrogens is 698 g/mol. The van der Waals surface area contributed by atoms with Gasteiger partial charge >= 0.3 is 25.2 Å². The molecule has 3 fully saturated rings. The Labute approximate surface area is 311 Å². The molecule has 5 nitrogen and oxygen atoms in total.